The van der Waals surface area contributed by atoms with Gasteiger partial charge in [-0.05, 0) is 25.2 Å². The largest absolute Gasteiger partial charge is 0.463 e. The van der Waals surface area contributed by atoms with Gasteiger partial charge in [-0.15, -0.1) is 0 Å². The maximum Gasteiger partial charge on any atom is 0.307 e. The lowest BCUT2D eigenvalue weighted by atomic mass is 10.1. The Bertz CT molecular complexity index is 219. The highest BCUT2D eigenvalue weighted by atomic mass is 16.6. The van der Waals surface area contributed by atoms with Crippen LogP contribution in [0.3, 0.4) is 0 Å². The van der Waals surface area contributed by atoms with E-state index in [1.807, 2.05) is 0 Å². The van der Waals surface area contributed by atoms with E-state index < -0.39 is 0 Å². The van der Waals surface area contributed by atoms with Crippen molar-refractivity contribution < 1.29 is 19.0 Å². The predicted molar refractivity (Wildman–Crippen MR) is 63.6 cm³/mol. The van der Waals surface area contributed by atoms with Gasteiger partial charge in [0.05, 0.1) is 13.0 Å². The molecule has 0 saturated heterocycles. The summed E-state index contributed by atoms with van der Waals surface area (Å²) in [4.78, 5) is 11.3. The van der Waals surface area contributed by atoms with E-state index in [0.29, 0.717) is 38.8 Å². The van der Waals surface area contributed by atoms with Crippen molar-refractivity contribution in [3.8, 4) is 0 Å². The Balaban J connectivity index is 1.86. The Kier molecular flexibility index (Phi) is 7.16. The lowest BCUT2D eigenvalue weighted by Gasteiger charge is -2.10. The Morgan fingerprint density at radius 1 is 1.29 bits per heavy atom. The molecule has 5 nitrogen and oxygen atoms in total. The maximum atomic E-state index is 11.3. The van der Waals surface area contributed by atoms with Crippen molar-refractivity contribution in [2.24, 2.45) is 11.7 Å². The molecule has 0 aliphatic heterocycles. The van der Waals surface area contributed by atoms with Crippen molar-refractivity contribution in [3.63, 3.8) is 0 Å². The number of carbonyl (C=O) groups excluding carboxylic acids is 1. The molecule has 0 radical (unpaired) electrons. The van der Waals surface area contributed by atoms with Gasteiger partial charge in [-0.25, -0.2) is 0 Å². The number of nitrogens with two attached hydrogens (primary N) is 1. The second kappa shape index (κ2) is 8.44. The topological polar surface area (TPSA) is 70.8 Å². The van der Waals surface area contributed by atoms with E-state index in [2.05, 4.69) is 0 Å². The smallest absolute Gasteiger partial charge is 0.307 e. The molecule has 1 fully saturated rings. The van der Waals surface area contributed by atoms with Crippen LogP contribution in [0.4, 0.5) is 0 Å². The van der Waals surface area contributed by atoms with Gasteiger partial charge in [0, 0.05) is 26.4 Å². The van der Waals surface area contributed by atoms with Crippen LogP contribution in [0.25, 0.3) is 0 Å². The summed E-state index contributed by atoms with van der Waals surface area (Å²) in [5.41, 5.74) is 5.82. The highest BCUT2D eigenvalue weighted by Gasteiger charge is 2.30. The van der Waals surface area contributed by atoms with E-state index in [1.54, 1.807) is 7.11 Å². The van der Waals surface area contributed by atoms with Gasteiger partial charge in [-0.1, -0.05) is 0 Å². The summed E-state index contributed by atoms with van der Waals surface area (Å²) in [7, 11) is 1.66. The second-order valence-corrected chi connectivity index (χ2v) is 4.38. The molecule has 2 N–H and O–H groups in total. The number of ether oxygens (including phenoxy) is 3. The minimum Gasteiger partial charge on any atom is -0.463 e. The molecule has 1 aliphatic carbocycles. The third-order valence-corrected chi connectivity index (χ3v) is 2.76. The molecule has 0 amide bonds. The molecule has 0 bridgehead atoms. The summed E-state index contributed by atoms with van der Waals surface area (Å²) < 4.78 is 15.2. The van der Waals surface area contributed by atoms with Crippen LogP contribution in [0, 0.1) is 5.92 Å². The molecule has 0 aromatic carbocycles. The van der Waals surface area contributed by atoms with Crippen molar-refractivity contribution >= 4 is 5.97 Å². The van der Waals surface area contributed by atoms with Crippen LogP contribution in [0.1, 0.15) is 25.7 Å². The zero-order chi connectivity index (χ0) is 12.5. The standard InChI is InChI=1S/C12H23NO4/c1-15-5-2-6-16-7-8-17-12(14)9-11(13)10-3-4-10/h10-11H,2-9,13H2,1H3. The molecular weight excluding hydrogens is 222 g/mol. The molecule has 1 atom stereocenters. The first-order valence-electron chi connectivity index (χ1n) is 6.22. The number of hydrogen-bond donors (Lipinski definition) is 1. The molecule has 1 rings (SSSR count). The minimum absolute atomic E-state index is 0.0230. The third kappa shape index (κ3) is 7.31. The monoisotopic (exact) mass is 245 g/mol. The van der Waals surface area contributed by atoms with Crippen LogP contribution in [-0.4, -0.2) is 45.5 Å². The Morgan fingerprint density at radius 2 is 2.06 bits per heavy atom. The minimum atomic E-state index is -0.218. The van der Waals surface area contributed by atoms with Crippen LogP contribution in [0.15, 0.2) is 0 Å². The quantitative estimate of drug-likeness (QED) is 0.453. The van der Waals surface area contributed by atoms with Crippen molar-refractivity contribution in [2.45, 2.75) is 31.7 Å². The summed E-state index contributed by atoms with van der Waals surface area (Å²) in [6.07, 6.45) is 3.49. The summed E-state index contributed by atoms with van der Waals surface area (Å²) in [6, 6.07) is -0.0230. The fraction of sp³-hybridized carbons (Fsp3) is 0.917. The number of hydrogen-bond acceptors (Lipinski definition) is 5. The SMILES string of the molecule is COCCCOCCOC(=O)CC(N)C1CC1. The Morgan fingerprint density at radius 3 is 2.71 bits per heavy atom. The molecule has 1 saturated carbocycles. The van der Waals surface area contributed by atoms with Gasteiger partial charge in [0.2, 0.25) is 0 Å². The van der Waals surface area contributed by atoms with Gasteiger partial charge < -0.3 is 19.9 Å². The fourth-order valence-corrected chi connectivity index (χ4v) is 1.56. The van der Waals surface area contributed by atoms with Crippen LogP contribution in [-0.2, 0) is 19.0 Å². The molecule has 0 heterocycles. The second-order valence-electron chi connectivity index (χ2n) is 4.38. The average molecular weight is 245 g/mol. The van der Waals surface area contributed by atoms with Crippen LogP contribution in [0.2, 0.25) is 0 Å². The van der Waals surface area contributed by atoms with Crippen LogP contribution in [0.5, 0.6) is 0 Å². The van der Waals surface area contributed by atoms with Crippen molar-refractivity contribution in [3.05, 3.63) is 0 Å². The van der Waals surface area contributed by atoms with Gasteiger partial charge in [0.25, 0.3) is 0 Å². The van der Waals surface area contributed by atoms with Gasteiger partial charge in [0.15, 0.2) is 0 Å². The molecule has 100 valence electrons. The van der Waals surface area contributed by atoms with Crippen molar-refractivity contribution in [2.75, 3.05) is 33.5 Å². The van der Waals surface area contributed by atoms with Crippen LogP contribution < -0.4 is 5.73 Å². The lowest BCUT2D eigenvalue weighted by molar-refractivity contribution is -0.145. The van der Waals surface area contributed by atoms with Gasteiger partial charge in [0.1, 0.15) is 6.61 Å². The van der Waals surface area contributed by atoms with Gasteiger partial charge >= 0.3 is 5.97 Å². The normalized spacial score (nSPS) is 16.8. The average Bonchev–Trinajstić information content (AvgIpc) is 3.11. The highest BCUT2D eigenvalue weighted by Crippen LogP contribution is 2.32. The zero-order valence-electron chi connectivity index (χ0n) is 10.5. The van der Waals surface area contributed by atoms with E-state index in [4.69, 9.17) is 19.9 Å². The first-order valence-corrected chi connectivity index (χ1v) is 6.22. The Labute approximate surface area is 103 Å². The van der Waals surface area contributed by atoms with Crippen molar-refractivity contribution in [1.82, 2.24) is 0 Å². The fourth-order valence-electron chi connectivity index (χ4n) is 1.56. The van der Waals surface area contributed by atoms with Gasteiger partial charge in [-0.3, -0.25) is 4.79 Å². The van der Waals surface area contributed by atoms with E-state index in [-0.39, 0.29) is 12.0 Å². The Hall–Kier alpha value is -0.650. The molecule has 1 aliphatic rings. The number of rotatable bonds is 10. The molecule has 5 heteroatoms. The molecular formula is C12H23NO4. The molecule has 1 unspecified atom stereocenters. The number of carbonyl (C=O) groups is 1. The van der Waals surface area contributed by atoms with Crippen LogP contribution >= 0.6 is 0 Å². The predicted octanol–water partition coefficient (Wildman–Crippen LogP) is 0.710. The number of esters is 1. The van der Waals surface area contributed by atoms with E-state index >= 15 is 0 Å². The van der Waals surface area contributed by atoms with E-state index in [1.165, 1.54) is 0 Å². The summed E-state index contributed by atoms with van der Waals surface area (Å²) in [5, 5.41) is 0. The maximum absolute atomic E-state index is 11.3. The van der Waals surface area contributed by atoms with Crippen molar-refractivity contribution in [1.29, 1.82) is 0 Å². The molecule has 0 aromatic heterocycles. The number of methoxy groups -OCH3 is 1. The van der Waals surface area contributed by atoms with E-state index in [0.717, 1.165) is 19.3 Å². The highest BCUT2D eigenvalue weighted by molar-refractivity contribution is 5.70. The molecule has 17 heavy (non-hydrogen) atoms. The lowest BCUT2D eigenvalue weighted by Crippen LogP contribution is -2.27. The first-order chi connectivity index (χ1) is 8.24. The van der Waals surface area contributed by atoms with Gasteiger partial charge in [-0.2, -0.15) is 0 Å². The van der Waals surface area contributed by atoms with E-state index in [9.17, 15) is 4.79 Å². The summed E-state index contributed by atoms with van der Waals surface area (Å²) in [5.74, 6) is 0.317. The zero-order valence-corrected chi connectivity index (χ0v) is 10.5. The third-order valence-electron chi connectivity index (χ3n) is 2.76. The summed E-state index contributed by atoms with van der Waals surface area (Å²) in [6.45, 7) is 2.07. The summed E-state index contributed by atoms with van der Waals surface area (Å²) >= 11 is 0. The molecule has 0 spiro atoms. The molecule has 0 aromatic rings. The first kappa shape index (κ1) is 14.4.